The van der Waals surface area contributed by atoms with Crippen LogP contribution in [-0.4, -0.2) is 88.5 Å². The van der Waals surface area contributed by atoms with Crippen molar-refractivity contribution >= 4 is 44.4 Å². The van der Waals surface area contributed by atoms with Crippen LogP contribution in [0, 0.1) is 0 Å². The molecule has 4 fully saturated rings. The van der Waals surface area contributed by atoms with Gasteiger partial charge < -0.3 is 14.2 Å². The fraction of sp³-hybridized carbons (Fsp3) is 0.488. The molecule has 0 spiro atoms. The number of benzene rings is 2. The number of ether oxygens (including phenoxy) is 1. The van der Waals surface area contributed by atoms with Gasteiger partial charge in [-0.2, -0.15) is 5.10 Å². The number of aromatic nitrogens is 3. The summed E-state index contributed by atoms with van der Waals surface area (Å²) in [5.41, 5.74) is 7.88. The van der Waals surface area contributed by atoms with Gasteiger partial charge in [-0.15, -0.1) is 0 Å². The topological polar surface area (TPSA) is 119 Å². The number of hydrogen-bond acceptors (Lipinski definition) is 7. The summed E-state index contributed by atoms with van der Waals surface area (Å²) in [7, 11) is -0.184. The molecular weight excluding hydrogens is 689 g/mol. The molecular formula is C41H48N6O5S. The number of carbonyl (C=O) groups is 2. The summed E-state index contributed by atoms with van der Waals surface area (Å²) in [6.45, 7) is 5.23. The van der Waals surface area contributed by atoms with E-state index >= 15 is 0 Å². The van der Waals surface area contributed by atoms with E-state index in [4.69, 9.17) is 4.74 Å². The van der Waals surface area contributed by atoms with Gasteiger partial charge >= 0.3 is 0 Å². The normalized spacial score (nSPS) is 21.9. The van der Waals surface area contributed by atoms with Crippen LogP contribution in [0.5, 0.6) is 5.75 Å². The van der Waals surface area contributed by atoms with E-state index in [1.165, 1.54) is 12.0 Å². The largest absolute Gasteiger partial charge is 0.497 e. The molecule has 12 heteroatoms. The highest BCUT2D eigenvalue weighted by Crippen LogP contribution is 2.48. The molecule has 4 aromatic rings. The molecule has 2 bridgehead atoms. The lowest BCUT2D eigenvalue weighted by Gasteiger charge is -2.33. The van der Waals surface area contributed by atoms with Crippen molar-refractivity contribution in [2.45, 2.75) is 94.5 Å². The highest BCUT2D eigenvalue weighted by molar-refractivity contribution is 7.90. The number of amides is 2. The first-order chi connectivity index (χ1) is 25.6. The van der Waals surface area contributed by atoms with Gasteiger partial charge in [0.2, 0.25) is 10.0 Å². The van der Waals surface area contributed by atoms with Gasteiger partial charge in [-0.25, -0.2) is 13.1 Å². The zero-order valence-electron chi connectivity index (χ0n) is 30.8. The van der Waals surface area contributed by atoms with E-state index in [-0.39, 0.29) is 11.9 Å². The van der Waals surface area contributed by atoms with Gasteiger partial charge in [0.15, 0.2) is 0 Å². The molecule has 2 atom stereocenters. The lowest BCUT2D eigenvalue weighted by Crippen LogP contribution is -2.48. The second-order valence-corrected chi connectivity index (χ2v) is 17.6. The quantitative estimate of drug-likeness (QED) is 0.230. The van der Waals surface area contributed by atoms with Gasteiger partial charge in [0.1, 0.15) is 5.75 Å². The molecule has 11 nitrogen and oxygen atoms in total. The predicted molar refractivity (Wildman–Crippen MR) is 205 cm³/mol. The van der Waals surface area contributed by atoms with Crippen LogP contribution in [0.3, 0.4) is 0 Å². The van der Waals surface area contributed by atoms with Gasteiger partial charge in [0, 0.05) is 54.3 Å². The number of allylic oxidation sites excluding steroid dienone is 1. The fourth-order valence-corrected chi connectivity index (χ4v) is 11.3. The number of nitrogens with one attached hydrogen (secondary N) is 1. The minimum atomic E-state index is -3.75. The summed E-state index contributed by atoms with van der Waals surface area (Å²) in [4.78, 5) is 32.6. The number of rotatable bonds is 8. The van der Waals surface area contributed by atoms with Crippen molar-refractivity contribution in [2.24, 2.45) is 7.05 Å². The zero-order chi connectivity index (χ0) is 36.6. The third kappa shape index (κ3) is 5.71. The van der Waals surface area contributed by atoms with E-state index in [1.807, 2.05) is 34.8 Å². The van der Waals surface area contributed by atoms with Crippen molar-refractivity contribution in [1.29, 1.82) is 0 Å². The third-order valence-corrected chi connectivity index (χ3v) is 14.6. The number of likely N-dealkylation sites (N-methyl/N-ethyl adjacent to an activating group) is 1. The SMILES string of the molecule is CCN1C[C@@H]2C[C@H]1CN2C(=O)c1cnn(C)c1C1=Cc2cc(OC)ccc2-c2c(C3CCCCC3)c3ccc(C(=O)NS(=O)(=O)C4CCC4)cc3n2C1. The van der Waals surface area contributed by atoms with Crippen LogP contribution in [-0.2, 0) is 23.6 Å². The van der Waals surface area contributed by atoms with Crippen LogP contribution in [0.2, 0.25) is 0 Å². The average molecular weight is 737 g/mol. The first-order valence-corrected chi connectivity index (χ1v) is 20.9. The maximum absolute atomic E-state index is 14.4. The van der Waals surface area contributed by atoms with Gasteiger partial charge in [-0.3, -0.25) is 19.2 Å². The van der Waals surface area contributed by atoms with E-state index in [0.29, 0.717) is 42.5 Å². The van der Waals surface area contributed by atoms with E-state index in [2.05, 4.69) is 44.4 Å². The summed E-state index contributed by atoms with van der Waals surface area (Å²) < 4.78 is 38.2. The molecule has 5 aliphatic rings. The van der Waals surface area contributed by atoms with Crippen LogP contribution in [0.4, 0.5) is 0 Å². The molecule has 9 rings (SSSR count). The lowest BCUT2D eigenvalue weighted by molar-refractivity contribution is 0.0630. The summed E-state index contributed by atoms with van der Waals surface area (Å²) in [6, 6.07) is 12.4. The molecule has 2 amide bonds. The van der Waals surface area contributed by atoms with Crippen molar-refractivity contribution < 1.29 is 22.7 Å². The van der Waals surface area contributed by atoms with E-state index in [9.17, 15) is 18.0 Å². The van der Waals surface area contributed by atoms with Crippen molar-refractivity contribution in [3.63, 3.8) is 0 Å². The Hall–Kier alpha value is -4.42. The molecule has 0 unspecified atom stereocenters. The Labute approximate surface area is 311 Å². The van der Waals surface area contributed by atoms with Crippen molar-refractivity contribution in [3.05, 3.63) is 70.5 Å². The first kappa shape index (κ1) is 34.4. The number of likely N-dealkylation sites (tertiary alicyclic amines) is 2. The van der Waals surface area contributed by atoms with E-state index < -0.39 is 21.2 Å². The van der Waals surface area contributed by atoms with Crippen LogP contribution in [0.25, 0.3) is 33.8 Å². The molecule has 1 N–H and O–H groups in total. The molecule has 2 aliphatic carbocycles. The minimum Gasteiger partial charge on any atom is -0.497 e. The Balaban J connectivity index is 1.20. The van der Waals surface area contributed by atoms with E-state index in [1.54, 1.807) is 19.4 Å². The Morgan fingerprint density at radius 2 is 1.77 bits per heavy atom. The fourth-order valence-electron chi connectivity index (χ4n) is 9.79. The number of aryl methyl sites for hydroxylation is 1. The first-order valence-electron chi connectivity index (χ1n) is 19.3. The third-order valence-electron chi connectivity index (χ3n) is 12.8. The number of sulfonamides is 1. The Morgan fingerprint density at radius 3 is 2.47 bits per heavy atom. The van der Waals surface area contributed by atoms with Crippen LogP contribution in [0.15, 0.2) is 42.6 Å². The Morgan fingerprint density at radius 1 is 0.962 bits per heavy atom. The van der Waals surface area contributed by atoms with Crippen molar-refractivity contribution in [2.75, 3.05) is 26.7 Å². The number of nitrogens with zero attached hydrogens (tertiary/aromatic N) is 5. The average Bonchev–Trinajstić information content (AvgIpc) is 3.89. The van der Waals surface area contributed by atoms with Gasteiger partial charge in [0.25, 0.3) is 11.8 Å². The molecule has 278 valence electrons. The summed E-state index contributed by atoms with van der Waals surface area (Å²) in [5, 5.41) is 5.22. The summed E-state index contributed by atoms with van der Waals surface area (Å²) in [6.07, 6.45) is 12.6. The maximum atomic E-state index is 14.4. The molecule has 2 saturated heterocycles. The summed E-state index contributed by atoms with van der Waals surface area (Å²) in [5.74, 6) is 0.480. The lowest BCUT2D eigenvalue weighted by atomic mass is 9.81. The van der Waals surface area contributed by atoms with E-state index in [0.717, 1.165) is 103 Å². The molecule has 2 aromatic heterocycles. The van der Waals surface area contributed by atoms with Crippen LogP contribution < -0.4 is 9.46 Å². The molecule has 2 aromatic carbocycles. The Bertz CT molecular complexity index is 2280. The maximum Gasteiger partial charge on any atom is 0.264 e. The number of methoxy groups -OCH3 is 1. The second-order valence-electron chi connectivity index (χ2n) is 15.7. The molecule has 5 heterocycles. The molecule has 53 heavy (non-hydrogen) atoms. The molecule has 3 aliphatic heterocycles. The monoisotopic (exact) mass is 736 g/mol. The highest BCUT2D eigenvalue weighted by Gasteiger charge is 2.45. The number of piperazine rings is 1. The second kappa shape index (κ2) is 13.2. The van der Waals surface area contributed by atoms with Crippen molar-refractivity contribution in [1.82, 2.24) is 28.9 Å². The van der Waals surface area contributed by atoms with Crippen molar-refractivity contribution in [3.8, 4) is 17.0 Å². The minimum absolute atomic E-state index is 0.0134. The standard InChI is InChI=1S/C41H48N6O5S/c1-4-45-23-30-20-29(45)24-46(30)41(49)35-21-42-44(2)38(35)28-17-27-18-31(52-3)14-16-33(27)39-37(25-9-6-5-7-10-25)34-15-13-26(19-36(34)47(39)22-28)40(48)43-53(50,51)32-11-8-12-32/h13-19,21,25,29-30,32H,4-12,20,22-24H2,1-3H3,(H,43,48)/t29-,30-/m0/s1. The number of hydrogen-bond donors (Lipinski definition) is 1. The zero-order valence-corrected chi connectivity index (χ0v) is 31.6. The highest BCUT2D eigenvalue weighted by atomic mass is 32.2. The van der Waals surface area contributed by atoms with Crippen LogP contribution in [0.1, 0.15) is 108 Å². The number of carbonyl (C=O) groups excluding carboxylic acids is 2. The Kier molecular flexibility index (Phi) is 8.53. The predicted octanol–water partition coefficient (Wildman–Crippen LogP) is 6.18. The molecule has 2 saturated carbocycles. The molecule has 0 radical (unpaired) electrons. The number of fused-ring (bicyclic) bond motifs is 7. The van der Waals surface area contributed by atoms with Crippen LogP contribution >= 0.6 is 0 Å². The van der Waals surface area contributed by atoms with Gasteiger partial charge in [-0.05, 0) is 97.7 Å². The summed E-state index contributed by atoms with van der Waals surface area (Å²) >= 11 is 0. The van der Waals surface area contributed by atoms with Gasteiger partial charge in [-0.1, -0.05) is 38.7 Å². The smallest absolute Gasteiger partial charge is 0.264 e. The van der Waals surface area contributed by atoms with Gasteiger partial charge in [0.05, 0.1) is 42.1 Å².